The Morgan fingerprint density at radius 2 is 1.80 bits per heavy atom. The smallest absolute Gasteiger partial charge is 0.194 e. The first kappa shape index (κ1) is 9.73. The minimum Gasteiger partial charge on any atom is -0.238 e. The maximum Gasteiger partial charge on any atom is 0.194 e. The van der Waals surface area contributed by atoms with Gasteiger partial charge < -0.3 is 0 Å². The van der Waals surface area contributed by atoms with Gasteiger partial charge in [0.15, 0.2) is 5.69 Å². The highest BCUT2D eigenvalue weighted by molar-refractivity contribution is 5.96. The summed E-state index contributed by atoms with van der Waals surface area (Å²) in [5.74, 6) is 0. The Hall–Kier alpha value is -1.81. The quantitative estimate of drug-likeness (QED) is 0.628. The number of aryl methyl sites for hydroxylation is 1. The molecule has 0 aliphatic heterocycles. The van der Waals surface area contributed by atoms with Gasteiger partial charge in [0.2, 0.25) is 0 Å². The monoisotopic (exact) mass is 195 g/mol. The van der Waals surface area contributed by atoms with Crippen molar-refractivity contribution in [2.45, 2.75) is 19.8 Å². The van der Waals surface area contributed by atoms with E-state index < -0.39 is 0 Å². The van der Waals surface area contributed by atoms with Crippen molar-refractivity contribution in [3.05, 3.63) is 53.4 Å². The lowest BCUT2D eigenvalue weighted by Crippen LogP contribution is -1.85. The second-order valence-corrected chi connectivity index (χ2v) is 3.65. The van der Waals surface area contributed by atoms with E-state index >= 15 is 0 Å². The van der Waals surface area contributed by atoms with Crippen LogP contribution in [-0.4, -0.2) is 0 Å². The molecule has 0 unspecified atom stereocenters. The third kappa shape index (κ3) is 1.71. The van der Waals surface area contributed by atoms with Crippen LogP contribution in [0, 0.1) is 6.57 Å². The molecule has 0 aliphatic carbocycles. The third-order valence-corrected chi connectivity index (χ3v) is 2.63. The van der Waals surface area contributed by atoms with Crippen LogP contribution in [0.3, 0.4) is 0 Å². The summed E-state index contributed by atoms with van der Waals surface area (Å²) in [5.41, 5.74) is 2.10. The van der Waals surface area contributed by atoms with Gasteiger partial charge in [-0.2, -0.15) is 0 Å². The Bertz CT molecular complexity index is 520. The maximum absolute atomic E-state index is 7.12. The van der Waals surface area contributed by atoms with Gasteiger partial charge in [0.1, 0.15) is 0 Å². The van der Waals surface area contributed by atoms with E-state index in [0.29, 0.717) is 0 Å². The standard InChI is InChI=1S/C14H13N/c1-3-6-11-7-4-9-13-12(11)8-5-10-14(13)15-2/h4-5,7-10H,3,6H2,1H3. The highest BCUT2D eigenvalue weighted by Crippen LogP contribution is 2.28. The summed E-state index contributed by atoms with van der Waals surface area (Å²) in [6.45, 7) is 9.30. The van der Waals surface area contributed by atoms with Gasteiger partial charge in [-0.25, -0.2) is 4.85 Å². The summed E-state index contributed by atoms with van der Waals surface area (Å²) in [6, 6.07) is 12.2. The molecule has 0 fully saturated rings. The molecule has 2 rings (SSSR count). The molecule has 2 aromatic rings. The number of fused-ring (bicyclic) bond motifs is 1. The maximum atomic E-state index is 7.12. The Balaban J connectivity index is 2.72. The summed E-state index contributed by atoms with van der Waals surface area (Å²) in [4.78, 5) is 3.55. The van der Waals surface area contributed by atoms with Crippen molar-refractivity contribution in [2.24, 2.45) is 0 Å². The molecular weight excluding hydrogens is 182 g/mol. The van der Waals surface area contributed by atoms with Crippen LogP contribution in [0.2, 0.25) is 0 Å². The lowest BCUT2D eigenvalue weighted by Gasteiger charge is -2.06. The SMILES string of the molecule is [C-]#[N+]c1cccc2c(CCC)cccc12. The van der Waals surface area contributed by atoms with Crippen molar-refractivity contribution in [2.75, 3.05) is 0 Å². The van der Waals surface area contributed by atoms with Gasteiger partial charge in [0, 0.05) is 0 Å². The Kier molecular flexibility index (Phi) is 2.69. The number of benzene rings is 2. The summed E-state index contributed by atoms with van der Waals surface area (Å²) in [6.07, 6.45) is 2.22. The van der Waals surface area contributed by atoms with Crippen molar-refractivity contribution >= 4 is 16.5 Å². The van der Waals surface area contributed by atoms with Gasteiger partial charge in [0.25, 0.3) is 0 Å². The van der Waals surface area contributed by atoms with E-state index in [4.69, 9.17) is 6.57 Å². The van der Waals surface area contributed by atoms with Crippen molar-refractivity contribution in [3.63, 3.8) is 0 Å². The van der Waals surface area contributed by atoms with Crippen LogP contribution in [0.5, 0.6) is 0 Å². The minimum atomic E-state index is 0.755. The molecular formula is C14H13N. The van der Waals surface area contributed by atoms with E-state index in [0.717, 1.165) is 23.9 Å². The zero-order chi connectivity index (χ0) is 10.7. The van der Waals surface area contributed by atoms with Crippen LogP contribution < -0.4 is 0 Å². The van der Waals surface area contributed by atoms with E-state index in [1.807, 2.05) is 24.3 Å². The van der Waals surface area contributed by atoms with Crippen molar-refractivity contribution in [1.29, 1.82) is 0 Å². The van der Waals surface area contributed by atoms with Crippen molar-refractivity contribution in [1.82, 2.24) is 0 Å². The fourth-order valence-corrected chi connectivity index (χ4v) is 1.94. The van der Waals surface area contributed by atoms with Crippen LogP contribution >= 0.6 is 0 Å². The molecule has 0 aliphatic rings. The Morgan fingerprint density at radius 1 is 1.07 bits per heavy atom. The average molecular weight is 195 g/mol. The normalized spacial score (nSPS) is 10.1. The average Bonchev–Trinajstić information content (AvgIpc) is 2.29. The van der Waals surface area contributed by atoms with Crippen LogP contribution in [0.25, 0.3) is 15.6 Å². The summed E-state index contributed by atoms with van der Waals surface area (Å²) in [7, 11) is 0. The number of nitrogens with zero attached hydrogens (tertiary/aromatic N) is 1. The molecule has 0 heterocycles. The highest BCUT2D eigenvalue weighted by atomic mass is 14.6. The molecule has 1 heteroatoms. The fraction of sp³-hybridized carbons (Fsp3) is 0.214. The second kappa shape index (κ2) is 4.14. The van der Waals surface area contributed by atoms with Crippen LogP contribution in [0.15, 0.2) is 36.4 Å². The molecule has 0 N–H and O–H groups in total. The lowest BCUT2D eigenvalue weighted by molar-refractivity contribution is 0.930. The third-order valence-electron chi connectivity index (χ3n) is 2.63. The molecule has 0 saturated carbocycles. The van der Waals surface area contributed by atoms with E-state index in [-0.39, 0.29) is 0 Å². The van der Waals surface area contributed by atoms with Crippen molar-refractivity contribution in [3.8, 4) is 0 Å². The topological polar surface area (TPSA) is 4.36 Å². The van der Waals surface area contributed by atoms with E-state index in [9.17, 15) is 0 Å². The Morgan fingerprint density at radius 3 is 2.53 bits per heavy atom. The predicted molar refractivity (Wildman–Crippen MR) is 64.2 cm³/mol. The molecule has 0 aromatic heterocycles. The fourth-order valence-electron chi connectivity index (χ4n) is 1.94. The van der Waals surface area contributed by atoms with Gasteiger partial charge in [-0.1, -0.05) is 49.7 Å². The first-order chi connectivity index (χ1) is 7.36. The molecule has 0 amide bonds. The molecule has 0 bridgehead atoms. The van der Waals surface area contributed by atoms with Crippen LogP contribution in [0.4, 0.5) is 5.69 Å². The van der Waals surface area contributed by atoms with Crippen molar-refractivity contribution < 1.29 is 0 Å². The lowest BCUT2D eigenvalue weighted by atomic mass is 10.0. The van der Waals surface area contributed by atoms with Gasteiger partial charge in [-0.15, -0.1) is 0 Å². The first-order valence-electron chi connectivity index (χ1n) is 5.25. The van der Waals surface area contributed by atoms with Gasteiger partial charge in [0.05, 0.1) is 6.57 Å². The van der Waals surface area contributed by atoms with E-state index in [2.05, 4.69) is 23.9 Å². The van der Waals surface area contributed by atoms with Gasteiger partial charge in [-0.05, 0) is 22.8 Å². The molecule has 0 atom stereocenters. The first-order valence-corrected chi connectivity index (χ1v) is 5.25. The van der Waals surface area contributed by atoms with Gasteiger partial charge >= 0.3 is 0 Å². The van der Waals surface area contributed by atoms with Crippen LogP contribution in [0.1, 0.15) is 18.9 Å². The van der Waals surface area contributed by atoms with E-state index in [1.165, 1.54) is 10.9 Å². The number of rotatable bonds is 2. The molecule has 0 radical (unpaired) electrons. The highest BCUT2D eigenvalue weighted by Gasteiger charge is 2.03. The zero-order valence-electron chi connectivity index (χ0n) is 8.83. The van der Waals surface area contributed by atoms with Crippen LogP contribution in [-0.2, 0) is 6.42 Å². The van der Waals surface area contributed by atoms with E-state index in [1.54, 1.807) is 0 Å². The second-order valence-electron chi connectivity index (χ2n) is 3.65. The Labute approximate surface area is 90.2 Å². The molecule has 15 heavy (non-hydrogen) atoms. The summed E-state index contributed by atoms with van der Waals surface area (Å²) < 4.78 is 0. The van der Waals surface area contributed by atoms with Gasteiger partial charge in [-0.3, -0.25) is 0 Å². The summed E-state index contributed by atoms with van der Waals surface area (Å²) >= 11 is 0. The molecule has 74 valence electrons. The largest absolute Gasteiger partial charge is 0.238 e. The summed E-state index contributed by atoms with van der Waals surface area (Å²) in [5, 5.41) is 2.31. The molecule has 0 saturated heterocycles. The molecule has 0 spiro atoms. The predicted octanol–water partition coefficient (Wildman–Crippen LogP) is 4.34. The molecule has 2 aromatic carbocycles. The number of hydrogen-bond donors (Lipinski definition) is 0. The number of hydrogen-bond acceptors (Lipinski definition) is 0. The molecule has 1 nitrogen and oxygen atoms in total. The zero-order valence-corrected chi connectivity index (χ0v) is 8.83. The minimum absolute atomic E-state index is 0.755.